The van der Waals surface area contributed by atoms with Gasteiger partial charge < -0.3 is 10.5 Å². The van der Waals surface area contributed by atoms with E-state index in [1.54, 1.807) is 13.3 Å². The predicted molar refractivity (Wildman–Crippen MR) is 73.4 cm³/mol. The molecule has 2 N–H and O–H groups in total. The third-order valence-electron chi connectivity index (χ3n) is 4.08. The van der Waals surface area contributed by atoms with Crippen molar-refractivity contribution in [2.24, 2.45) is 23.5 Å². The number of nitrogens with two attached hydrogens (primary N) is 1. The summed E-state index contributed by atoms with van der Waals surface area (Å²) in [6.07, 6.45) is 5.50. The molecule has 0 aromatic carbocycles. The van der Waals surface area contributed by atoms with E-state index >= 15 is 0 Å². The monoisotopic (exact) mass is 248 g/mol. The molecular formula is C15H24N2O. The highest BCUT2D eigenvalue weighted by Crippen LogP contribution is 2.40. The lowest BCUT2D eigenvalue weighted by atomic mass is 9.73. The second kappa shape index (κ2) is 5.70. The van der Waals surface area contributed by atoms with Gasteiger partial charge in [0.05, 0.1) is 7.11 Å². The Bertz CT molecular complexity index is 384. The van der Waals surface area contributed by atoms with Gasteiger partial charge in [0.25, 0.3) is 0 Å². The van der Waals surface area contributed by atoms with E-state index in [2.05, 4.69) is 18.8 Å². The van der Waals surface area contributed by atoms with Crippen LogP contribution in [0.3, 0.4) is 0 Å². The van der Waals surface area contributed by atoms with Crippen molar-refractivity contribution in [1.29, 1.82) is 0 Å². The zero-order chi connectivity index (χ0) is 13.1. The van der Waals surface area contributed by atoms with Crippen molar-refractivity contribution in [2.75, 3.05) is 7.11 Å². The van der Waals surface area contributed by atoms with Crippen molar-refractivity contribution >= 4 is 0 Å². The zero-order valence-corrected chi connectivity index (χ0v) is 11.6. The van der Waals surface area contributed by atoms with Crippen LogP contribution in [0.25, 0.3) is 0 Å². The van der Waals surface area contributed by atoms with Crippen LogP contribution in [-0.4, -0.2) is 12.1 Å². The van der Waals surface area contributed by atoms with Crippen molar-refractivity contribution in [1.82, 2.24) is 4.98 Å². The molecule has 3 nitrogen and oxygen atoms in total. The first-order valence-electron chi connectivity index (χ1n) is 6.86. The first-order chi connectivity index (χ1) is 8.61. The Morgan fingerprint density at radius 1 is 1.28 bits per heavy atom. The van der Waals surface area contributed by atoms with Crippen molar-refractivity contribution in [2.45, 2.75) is 39.2 Å². The molecule has 1 saturated carbocycles. The highest BCUT2D eigenvalue weighted by molar-refractivity contribution is 5.29. The van der Waals surface area contributed by atoms with Crippen LogP contribution in [0.15, 0.2) is 18.3 Å². The number of ether oxygens (including phenoxy) is 1. The lowest BCUT2D eigenvalue weighted by molar-refractivity contribution is 0.191. The van der Waals surface area contributed by atoms with Gasteiger partial charge in [0.15, 0.2) is 0 Å². The van der Waals surface area contributed by atoms with Gasteiger partial charge in [-0.3, -0.25) is 0 Å². The van der Waals surface area contributed by atoms with Gasteiger partial charge in [-0.2, -0.15) is 0 Å². The van der Waals surface area contributed by atoms with Gasteiger partial charge in [0.1, 0.15) is 0 Å². The normalized spacial score (nSPS) is 29.9. The summed E-state index contributed by atoms with van der Waals surface area (Å²) in [5.41, 5.74) is 7.50. The van der Waals surface area contributed by atoms with Crippen LogP contribution in [0.5, 0.6) is 5.88 Å². The highest BCUT2D eigenvalue weighted by Gasteiger charge is 2.30. The topological polar surface area (TPSA) is 48.1 Å². The fraction of sp³-hybridized carbons (Fsp3) is 0.667. The van der Waals surface area contributed by atoms with E-state index in [0.29, 0.717) is 11.8 Å². The molecule has 18 heavy (non-hydrogen) atoms. The molecule has 2 rings (SSSR count). The summed E-state index contributed by atoms with van der Waals surface area (Å²) in [5.74, 6) is 2.76. The van der Waals surface area contributed by atoms with Crippen LogP contribution in [0.4, 0.5) is 0 Å². The number of aromatic nitrogens is 1. The summed E-state index contributed by atoms with van der Waals surface area (Å²) < 4.78 is 5.32. The second-order valence-corrected chi connectivity index (χ2v) is 5.81. The molecule has 0 saturated heterocycles. The van der Waals surface area contributed by atoms with Crippen molar-refractivity contribution in [3.63, 3.8) is 0 Å². The van der Waals surface area contributed by atoms with Gasteiger partial charge in [-0.05, 0) is 43.1 Å². The number of hydrogen-bond acceptors (Lipinski definition) is 3. The molecule has 0 spiro atoms. The molecule has 1 heterocycles. The van der Waals surface area contributed by atoms with E-state index in [0.717, 1.165) is 17.4 Å². The number of pyridine rings is 1. The minimum absolute atomic E-state index is 0.0406. The Kier molecular flexibility index (Phi) is 4.23. The maximum absolute atomic E-state index is 6.45. The molecule has 0 bridgehead atoms. The van der Waals surface area contributed by atoms with Crippen LogP contribution < -0.4 is 10.5 Å². The van der Waals surface area contributed by atoms with Crippen molar-refractivity contribution in [3.8, 4) is 5.88 Å². The predicted octanol–water partition coefficient (Wildman–Crippen LogP) is 3.16. The molecule has 3 heteroatoms. The van der Waals surface area contributed by atoms with Crippen LogP contribution in [0, 0.1) is 17.8 Å². The Morgan fingerprint density at radius 3 is 2.56 bits per heavy atom. The summed E-state index contributed by atoms with van der Waals surface area (Å²) in [6.45, 7) is 4.66. The summed E-state index contributed by atoms with van der Waals surface area (Å²) in [5, 5.41) is 0. The maximum Gasteiger partial charge on any atom is 0.217 e. The molecule has 1 aliphatic rings. The van der Waals surface area contributed by atoms with Gasteiger partial charge in [-0.1, -0.05) is 19.9 Å². The van der Waals surface area contributed by atoms with E-state index in [-0.39, 0.29) is 6.04 Å². The number of hydrogen-bond donors (Lipinski definition) is 1. The first-order valence-corrected chi connectivity index (χ1v) is 6.86. The highest BCUT2D eigenvalue weighted by atomic mass is 16.5. The van der Waals surface area contributed by atoms with E-state index in [4.69, 9.17) is 10.5 Å². The Hall–Kier alpha value is -1.09. The van der Waals surface area contributed by atoms with Crippen LogP contribution in [-0.2, 0) is 0 Å². The smallest absolute Gasteiger partial charge is 0.217 e. The minimum Gasteiger partial charge on any atom is -0.481 e. The van der Waals surface area contributed by atoms with Gasteiger partial charge >= 0.3 is 0 Å². The largest absolute Gasteiger partial charge is 0.481 e. The molecule has 1 aromatic heterocycles. The number of nitrogens with zero attached hydrogens (tertiary/aromatic N) is 1. The maximum atomic E-state index is 6.45. The lowest BCUT2D eigenvalue weighted by Crippen LogP contribution is -2.29. The molecule has 3 unspecified atom stereocenters. The number of rotatable bonds is 3. The SMILES string of the molecule is COc1ncccc1C(N)C1CC(C)CC(C)C1. The molecular weight excluding hydrogens is 224 g/mol. The second-order valence-electron chi connectivity index (χ2n) is 5.81. The Morgan fingerprint density at radius 2 is 1.94 bits per heavy atom. The van der Waals surface area contributed by atoms with Crippen LogP contribution in [0.1, 0.15) is 44.7 Å². The number of methoxy groups -OCH3 is 1. The molecule has 0 aliphatic heterocycles. The first kappa shape index (κ1) is 13.3. The van der Waals surface area contributed by atoms with Gasteiger partial charge in [-0.15, -0.1) is 0 Å². The summed E-state index contributed by atoms with van der Waals surface area (Å²) in [4.78, 5) is 4.25. The molecule has 0 amide bonds. The summed E-state index contributed by atoms with van der Waals surface area (Å²) in [7, 11) is 1.66. The Balaban J connectivity index is 2.17. The van der Waals surface area contributed by atoms with Gasteiger partial charge in [-0.25, -0.2) is 4.98 Å². The minimum atomic E-state index is 0.0406. The molecule has 1 aromatic rings. The van der Waals surface area contributed by atoms with E-state index in [1.165, 1.54) is 19.3 Å². The molecule has 100 valence electrons. The average Bonchev–Trinajstić information content (AvgIpc) is 2.36. The fourth-order valence-corrected chi connectivity index (χ4v) is 3.38. The van der Waals surface area contributed by atoms with Crippen molar-refractivity contribution in [3.05, 3.63) is 23.9 Å². The molecule has 3 atom stereocenters. The summed E-state index contributed by atoms with van der Waals surface area (Å²) in [6, 6.07) is 4.02. The molecule has 1 aliphatic carbocycles. The molecule has 0 radical (unpaired) electrons. The lowest BCUT2D eigenvalue weighted by Gasteiger charge is -2.35. The zero-order valence-electron chi connectivity index (χ0n) is 11.6. The Labute approximate surface area is 110 Å². The van der Waals surface area contributed by atoms with Crippen LogP contribution >= 0.6 is 0 Å². The standard InChI is InChI=1S/C15H24N2O/c1-10-7-11(2)9-12(8-10)14(16)13-5-4-6-17-15(13)18-3/h4-6,10-12,14H,7-9,16H2,1-3H3. The third-order valence-corrected chi connectivity index (χ3v) is 4.08. The third kappa shape index (κ3) is 2.83. The van der Waals surface area contributed by atoms with Gasteiger partial charge in [0.2, 0.25) is 5.88 Å². The van der Waals surface area contributed by atoms with Crippen molar-refractivity contribution < 1.29 is 4.74 Å². The summed E-state index contributed by atoms with van der Waals surface area (Å²) >= 11 is 0. The fourth-order valence-electron chi connectivity index (χ4n) is 3.38. The average molecular weight is 248 g/mol. The van der Waals surface area contributed by atoms with Crippen LogP contribution in [0.2, 0.25) is 0 Å². The molecule has 1 fully saturated rings. The van der Waals surface area contributed by atoms with Gasteiger partial charge in [0, 0.05) is 17.8 Å². The van der Waals surface area contributed by atoms with E-state index in [1.807, 2.05) is 12.1 Å². The van der Waals surface area contributed by atoms with E-state index < -0.39 is 0 Å². The quantitative estimate of drug-likeness (QED) is 0.893. The van der Waals surface area contributed by atoms with E-state index in [9.17, 15) is 0 Å².